The molecule has 1 aromatic rings. The zero-order chi connectivity index (χ0) is 11.2. The van der Waals surface area contributed by atoms with Gasteiger partial charge in [0.15, 0.2) is 0 Å². The van der Waals surface area contributed by atoms with Gasteiger partial charge in [-0.25, -0.2) is 0 Å². The topological polar surface area (TPSA) is 24.5 Å². The maximum absolute atomic E-state index is 5.73. The number of hydrogen-bond donors (Lipinski definition) is 1. The Labute approximate surface area is 97.4 Å². The molecule has 0 aliphatic carbocycles. The third-order valence-corrected chi connectivity index (χ3v) is 2.93. The first-order chi connectivity index (χ1) is 7.90. The van der Waals surface area contributed by atoms with Crippen LogP contribution in [0.5, 0.6) is 0 Å². The van der Waals surface area contributed by atoms with Crippen LogP contribution in [0, 0.1) is 0 Å². The number of rotatable bonds is 4. The van der Waals surface area contributed by atoms with Crippen molar-refractivity contribution in [1.29, 1.82) is 0 Å². The van der Waals surface area contributed by atoms with Crippen LogP contribution < -0.4 is 10.2 Å². The SMILES string of the molecule is CCN(CC1CNCCO1)c1ccccc1. The highest BCUT2D eigenvalue weighted by Gasteiger charge is 2.16. The van der Waals surface area contributed by atoms with Crippen molar-refractivity contribution in [3.63, 3.8) is 0 Å². The molecule has 1 atom stereocenters. The zero-order valence-corrected chi connectivity index (χ0v) is 9.86. The summed E-state index contributed by atoms with van der Waals surface area (Å²) < 4.78 is 5.73. The lowest BCUT2D eigenvalue weighted by molar-refractivity contribution is 0.0335. The quantitative estimate of drug-likeness (QED) is 0.832. The molecule has 1 aromatic carbocycles. The van der Waals surface area contributed by atoms with Crippen molar-refractivity contribution in [1.82, 2.24) is 5.32 Å². The van der Waals surface area contributed by atoms with E-state index in [1.54, 1.807) is 0 Å². The van der Waals surface area contributed by atoms with Crippen LogP contribution in [-0.2, 0) is 4.74 Å². The van der Waals surface area contributed by atoms with Crippen LogP contribution in [0.2, 0.25) is 0 Å². The Bertz CT molecular complexity index is 296. The highest BCUT2D eigenvalue weighted by atomic mass is 16.5. The molecule has 0 aromatic heterocycles. The van der Waals surface area contributed by atoms with E-state index in [9.17, 15) is 0 Å². The van der Waals surface area contributed by atoms with Crippen LogP contribution in [0.25, 0.3) is 0 Å². The van der Waals surface area contributed by atoms with Gasteiger partial charge in [-0.3, -0.25) is 0 Å². The zero-order valence-electron chi connectivity index (χ0n) is 9.86. The van der Waals surface area contributed by atoms with Crippen LogP contribution >= 0.6 is 0 Å². The Morgan fingerprint density at radius 2 is 2.19 bits per heavy atom. The summed E-state index contributed by atoms with van der Waals surface area (Å²) >= 11 is 0. The molecular formula is C13H20N2O. The van der Waals surface area contributed by atoms with Gasteiger partial charge in [0.25, 0.3) is 0 Å². The second kappa shape index (κ2) is 5.87. The van der Waals surface area contributed by atoms with E-state index in [0.717, 1.165) is 32.8 Å². The molecule has 1 aliphatic heterocycles. The molecule has 0 radical (unpaired) electrons. The number of likely N-dealkylation sites (N-methyl/N-ethyl adjacent to an activating group) is 1. The molecular weight excluding hydrogens is 200 g/mol. The van der Waals surface area contributed by atoms with Crippen molar-refractivity contribution in [3.05, 3.63) is 30.3 Å². The first-order valence-corrected chi connectivity index (χ1v) is 6.02. The Kier molecular flexibility index (Phi) is 4.19. The molecule has 1 unspecified atom stereocenters. The molecule has 1 N–H and O–H groups in total. The standard InChI is InChI=1S/C13H20N2O/c1-2-15(12-6-4-3-5-7-12)11-13-10-14-8-9-16-13/h3-7,13-14H,2,8-11H2,1H3. The minimum absolute atomic E-state index is 0.314. The number of para-hydroxylation sites is 1. The van der Waals surface area contributed by atoms with E-state index in [-0.39, 0.29) is 0 Å². The largest absolute Gasteiger partial charge is 0.374 e. The lowest BCUT2D eigenvalue weighted by Crippen LogP contribution is -2.45. The van der Waals surface area contributed by atoms with Gasteiger partial charge in [0.1, 0.15) is 0 Å². The minimum atomic E-state index is 0.314. The maximum Gasteiger partial charge on any atom is 0.0874 e. The van der Waals surface area contributed by atoms with Crippen LogP contribution in [-0.4, -0.2) is 38.9 Å². The lowest BCUT2D eigenvalue weighted by Gasteiger charge is -2.31. The van der Waals surface area contributed by atoms with Gasteiger partial charge in [-0.1, -0.05) is 18.2 Å². The summed E-state index contributed by atoms with van der Waals surface area (Å²) in [4.78, 5) is 2.36. The number of morpholine rings is 1. The third kappa shape index (κ3) is 2.97. The number of nitrogens with one attached hydrogen (secondary N) is 1. The molecule has 0 saturated carbocycles. The lowest BCUT2D eigenvalue weighted by atomic mass is 10.2. The van der Waals surface area contributed by atoms with Gasteiger partial charge in [0.05, 0.1) is 12.7 Å². The Balaban J connectivity index is 1.94. The van der Waals surface area contributed by atoms with Crippen molar-refractivity contribution in [2.24, 2.45) is 0 Å². The molecule has 1 aliphatic rings. The molecule has 2 rings (SSSR count). The van der Waals surface area contributed by atoms with E-state index in [0.29, 0.717) is 6.10 Å². The molecule has 0 bridgehead atoms. The maximum atomic E-state index is 5.73. The Morgan fingerprint density at radius 3 is 2.81 bits per heavy atom. The van der Waals surface area contributed by atoms with Gasteiger partial charge >= 0.3 is 0 Å². The summed E-state index contributed by atoms with van der Waals surface area (Å²) in [5.74, 6) is 0. The van der Waals surface area contributed by atoms with Crippen LogP contribution in [0.4, 0.5) is 5.69 Å². The fourth-order valence-electron chi connectivity index (χ4n) is 2.04. The van der Waals surface area contributed by atoms with Gasteiger partial charge in [-0.05, 0) is 19.1 Å². The normalized spacial score (nSPS) is 20.7. The fourth-order valence-corrected chi connectivity index (χ4v) is 2.04. The summed E-state index contributed by atoms with van der Waals surface area (Å²) in [6.07, 6.45) is 0.314. The molecule has 0 spiro atoms. The summed E-state index contributed by atoms with van der Waals surface area (Å²) in [7, 11) is 0. The smallest absolute Gasteiger partial charge is 0.0874 e. The average molecular weight is 220 g/mol. The Hall–Kier alpha value is -1.06. The van der Waals surface area contributed by atoms with Gasteiger partial charge < -0.3 is 15.0 Å². The van der Waals surface area contributed by atoms with Crippen molar-refractivity contribution >= 4 is 5.69 Å². The number of nitrogens with zero attached hydrogens (tertiary/aromatic N) is 1. The number of anilines is 1. The number of hydrogen-bond acceptors (Lipinski definition) is 3. The van der Waals surface area contributed by atoms with E-state index in [1.165, 1.54) is 5.69 Å². The number of ether oxygens (including phenoxy) is 1. The second-order valence-electron chi connectivity index (χ2n) is 4.07. The first-order valence-electron chi connectivity index (χ1n) is 6.02. The summed E-state index contributed by atoms with van der Waals surface area (Å²) in [5.41, 5.74) is 1.28. The van der Waals surface area contributed by atoms with Crippen molar-refractivity contribution in [3.8, 4) is 0 Å². The van der Waals surface area contributed by atoms with Gasteiger partial charge in [-0.2, -0.15) is 0 Å². The predicted octanol–water partition coefficient (Wildman–Crippen LogP) is 1.50. The van der Waals surface area contributed by atoms with Crippen molar-refractivity contribution in [2.75, 3.05) is 37.7 Å². The van der Waals surface area contributed by atoms with Crippen LogP contribution in [0.3, 0.4) is 0 Å². The van der Waals surface area contributed by atoms with Crippen LogP contribution in [0.15, 0.2) is 30.3 Å². The fraction of sp³-hybridized carbons (Fsp3) is 0.538. The first kappa shape index (κ1) is 11.4. The van der Waals surface area contributed by atoms with Gasteiger partial charge in [0, 0.05) is 31.9 Å². The second-order valence-corrected chi connectivity index (χ2v) is 4.07. The molecule has 1 heterocycles. The van der Waals surface area contributed by atoms with E-state index < -0.39 is 0 Å². The van der Waals surface area contributed by atoms with E-state index in [2.05, 4.69) is 47.5 Å². The summed E-state index contributed by atoms with van der Waals surface area (Å²) in [5, 5.41) is 3.36. The summed E-state index contributed by atoms with van der Waals surface area (Å²) in [6, 6.07) is 10.5. The van der Waals surface area contributed by atoms with E-state index in [1.807, 2.05) is 0 Å². The number of benzene rings is 1. The average Bonchev–Trinajstić information content (AvgIpc) is 2.38. The Morgan fingerprint density at radius 1 is 1.38 bits per heavy atom. The molecule has 1 fully saturated rings. The molecule has 0 amide bonds. The van der Waals surface area contributed by atoms with Crippen molar-refractivity contribution in [2.45, 2.75) is 13.0 Å². The van der Waals surface area contributed by atoms with Crippen LogP contribution in [0.1, 0.15) is 6.92 Å². The molecule has 16 heavy (non-hydrogen) atoms. The van der Waals surface area contributed by atoms with Gasteiger partial charge in [0.2, 0.25) is 0 Å². The van der Waals surface area contributed by atoms with E-state index >= 15 is 0 Å². The molecule has 1 saturated heterocycles. The minimum Gasteiger partial charge on any atom is -0.374 e. The van der Waals surface area contributed by atoms with Crippen molar-refractivity contribution < 1.29 is 4.74 Å². The highest BCUT2D eigenvalue weighted by Crippen LogP contribution is 2.14. The highest BCUT2D eigenvalue weighted by molar-refractivity contribution is 5.45. The monoisotopic (exact) mass is 220 g/mol. The summed E-state index contributed by atoms with van der Waals surface area (Å²) in [6.45, 7) is 6.94. The molecule has 3 nitrogen and oxygen atoms in total. The van der Waals surface area contributed by atoms with Gasteiger partial charge in [-0.15, -0.1) is 0 Å². The third-order valence-electron chi connectivity index (χ3n) is 2.93. The molecule has 88 valence electrons. The molecule has 3 heteroatoms. The predicted molar refractivity (Wildman–Crippen MR) is 66.9 cm³/mol. The van der Waals surface area contributed by atoms with E-state index in [4.69, 9.17) is 4.74 Å².